The molecule has 4 aromatic rings. The second kappa shape index (κ2) is 10.8. The summed E-state index contributed by atoms with van der Waals surface area (Å²) in [4.78, 5) is 21.3. The van der Waals surface area contributed by atoms with Gasteiger partial charge in [-0.1, -0.05) is 24.3 Å². The van der Waals surface area contributed by atoms with Gasteiger partial charge in [-0.05, 0) is 57.2 Å². The van der Waals surface area contributed by atoms with E-state index in [0.29, 0.717) is 37.1 Å². The summed E-state index contributed by atoms with van der Waals surface area (Å²) in [7, 11) is -3.66. The molecule has 0 spiro atoms. The zero-order valence-electron chi connectivity index (χ0n) is 20.7. The third kappa shape index (κ3) is 6.06. The Morgan fingerprint density at radius 2 is 1.95 bits per heavy atom. The van der Waals surface area contributed by atoms with Gasteiger partial charge in [0.1, 0.15) is 11.6 Å². The van der Waals surface area contributed by atoms with Crippen LogP contribution in [0.15, 0.2) is 71.6 Å². The standard InChI is InChI=1S/C27H26BrFN4O4S/c1-38(35,36)37-22-7-6-20-3-2-4-26(23(20)14-22)33-12-11-31(17-27(33)34)10-9-21-15-30-18-32(21)16-19-5-8-24(28)25(29)13-19/h2-8,13-15,18H,9-12,16-17H2,1H3. The topological polar surface area (TPSA) is 84.7 Å². The van der Waals surface area contributed by atoms with E-state index in [1.54, 1.807) is 41.7 Å². The Bertz CT molecular complexity index is 1610. The second-order valence-electron chi connectivity index (χ2n) is 9.28. The van der Waals surface area contributed by atoms with Crippen molar-refractivity contribution in [2.45, 2.75) is 13.0 Å². The molecule has 0 N–H and O–H groups in total. The maximum Gasteiger partial charge on any atom is 0.306 e. The van der Waals surface area contributed by atoms with Crippen LogP contribution in [-0.2, 0) is 27.9 Å². The molecule has 1 aliphatic rings. The number of fused-ring (bicyclic) bond motifs is 1. The summed E-state index contributed by atoms with van der Waals surface area (Å²) in [6.45, 7) is 2.66. The Balaban J connectivity index is 1.25. The second-order valence-corrected chi connectivity index (χ2v) is 11.7. The molecule has 5 rings (SSSR count). The molecule has 1 aliphatic heterocycles. The van der Waals surface area contributed by atoms with Crippen molar-refractivity contribution in [1.29, 1.82) is 0 Å². The van der Waals surface area contributed by atoms with Gasteiger partial charge in [0.05, 0.1) is 29.3 Å². The number of carbonyl (C=O) groups excluding carboxylic acids is 1. The number of anilines is 1. The fourth-order valence-corrected chi connectivity index (χ4v) is 5.37. The summed E-state index contributed by atoms with van der Waals surface area (Å²) in [5, 5.41) is 1.64. The number of carbonyl (C=O) groups is 1. The molecule has 0 unspecified atom stereocenters. The Kier molecular flexibility index (Phi) is 7.51. The molecule has 0 bridgehead atoms. The maximum absolute atomic E-state index is 13.9. The number of imidazole rings is 1. The third-order valence-electron chi connectivity index (χ3n) is 6.49. The lowest BCUT2D eigenvalue weighted by Crippen LogP contribution is -2.51. The van der Waals surface area contributed by atoms with Gasteiger partial charge in [-0.25, -0.2) is 9.37 Å². The number of piperazine rings is 1. The molecular formula is C27H26BrFN4O4S. The van der Waals surface area contributed by atoms with Crippen LogP contribution in [0.5, 0.6) is 5.75 Å². The number of amides is 1. The van der Waals surface area contributed by atoms with E-state index in [-0.39, 0.29) is 24.0 Å². The van der Waals surface area contributed by atoms with Crippen LogP contribution < -0.4 is 9.08 Å². The molecule has 1 aromatic heterocycles. The van der Waals surface area contributed by atoms with Gasteiger partial charge in [0, 0.05) is 49.9 Å². The first-order valence-electron chi connectivity index (χ1n) is 12.0. The summed E-state index contributed by atoms with van der Waals surface area (Å²) < 4.78 is 44.6. The van der Waals surface area contributed by atoms with Crippen LogP contribution in [0, 0.1) is 5.82 Å². The highest BCUT2D eigenvalue weighted by Gasteiger charge is 2.26. The van der Waals surface area contributed by atoms with E-state index in [4.69, 9.17) is 4.18 Å². The molecular weight excluding hydrogens is 575 g/mol. The molecule has 2 heterocycles. The lowest BCUT2D eigenvalue weighted by Gasteiger charge is -2.35. The predicted molar refractivity (Wildman–Crippen MR) is 147 cm³/mol. The van der Waals surface area contributed by atoms with Crippen molar-refractivity contribution in [1.82, 2.24) is 14.5 Å². The Hall–Kier alpha value is -3.28. The Labute approximate surface area is 228 Å². The Morgan fingerprint density at radius 3 is 2.71 bits per heavy atom. The molecule has 0 atom stereocenters. The minimum Gasteiger partial charge on any atom is -0.383 e. The van der Waals surface area contributed by atoms with Crippen molar-refractivity contribution in [3.05, 3.63) is 88.7 Å². The average Bonchev–Trinajstić information content (AvgIpc) is 3.30. The van der Waals surface area contributed by atoms with Gasteiger partial charge in [0.2, 0.25) is 5.91 Å². The van der Waals surface area contributed by atoms with Crippen LogP contribution in [0.1, 0.15) is 11.3 Å². The van der Waals surface area contributed by atoms with Crippen molar-refractivity contribution in [2.24, 2.45) is 0 Å². The number of nitrogens with zero attached hydrogens (tertiary/aromatic N) is 4. The fourth-order valence-electron chi connectivity index (χ4n) is 4.67. The normalized spacial score (nSPS) is 14.8. The molecule has 8 nitrogen and oxygen atoms in total. The minimum atomic E-state index is -3.66. The van der Waals surface area contributed by atoms with E-state index in [9.17, 15) is 17.6 Å². The average molecular weight is 601 g/mol. The van der Waals surface area contributed by atoms with E-state index in [1.165, 1.54) is 6.07 Å². The first kappa shape index (κ1) is 26.3. The zero-order valence-corrected chi connectivity index (χ0v) is 23.1. The van der Waals surface area contributed by atoms with Crippen LogP contribution >= 0.6 is 15.9 Å². The van der Waals surface area contributed by atoms with Crippen LogP contribution in [0.4, 0.5) is 10.1 Å². The van der Waals surface area contributed by atoms with Crippen molar-refractivity contribution in [2.75, 3.05) is 37.3 Å². The van der Waals surface area contributed by atoms with E-state index >= 15 is 0 Å². The molecule has 198 valence electrons. The number of benzene rings is 3. The highest BCUT2D eigenvalue weighted by Crippen LogP contribution is 2.31. The van der Waals surface area contributed by atoms with Gasteiger partial charge >= 0.3 is 10.1 Å². The quantitative estimate of drug-likeness (QED) is 0.282. The lowest BCUT2D eigenvalue weighted by atomic mass is 10.1. The SMILES string of the molecule is CS(=O)(=O)Oc1ccc2cccc(N3CCN(CCc4cncn4Cc4ccc(Br)c(F)c4)CC3=O)c2c1. The summed E-state index contributed by atoms with van der Waals surface area (Å²) in [5.74, 6) is -0.121. The number of hydrogen-bond donors (Lipinski definition) is 0. The molecule has 11 heteroatoms. The minimum absolute atomic E-state index is 0.0305. The van der Waals surface area contributed by atoms with E-state index < -0.39 is 10.1 Å². The van der Waals surface area contributed by atoms with Crippen molar-refractivity contribution < 1.29 is 21.8 Å². The first-order chi connectivity index (χ1) is 18.2. The highest BCUT2D eigenvalue weighted by atomic mass is 79.9. The lowest BCUT2D eigenvalue weighted by molar-refractivity contribution is -0.121. The molecule has 1 saturated heterocycles. The monoisotopic (exact) mass is 600 g/mol. The number of rotatable bonds is 8. The molecule has 0 radical (unpaired) electrons. The smallest absolute Gasteiger partial charge is 0.306 e. The first-order valence-corrected chi connectivity index (χ1v) is 14.6. The summed E-state index contributed by atoms with van der Waals surface area (Å²) >= 11 is 3.18. The van der Waals surface area contributed by atoms with Crippen molar-refractivity contribution in [3.63, 3.8) is 0 Å². The van der Waals surface area contributed by atoms with Gasteiger partial charge < -0.3 is 13.7 Å². The number of halogens is 2. The van der Waals surface area contributed by atoms with Gasteiger partial charge in [0.25, 0.3) is 0 Å². The number of aromatic nitrogens is 2. The zero-order chi connectivity index (χ0) is 26.9. The molecule has 0 saturated carbocycles. The largest absolute Gasteiger partial charge is 0.383 e. The van der Waals surface area contributed by atoms with Gasteiger partial charge in [-0.15, -0.1) is 0 Å². The molecule has 38 heavy (non-hydrogen) atoms. The summed E-state index contributed by atoms with van der Waals surface area (Å²) in [6.07, 6.45) is 5.24. The molecule has 3 aromatic carbocycles. The summed E-state index contributed by atoms with van der Waals surface area (Å²) in [5.41, 5.74) is 2.58. The van der Waals surface area contributed by atoms with Gasteiger partial charge in [-0.2, -0.15) is 8.42 Å². The van der Waals surface area contributed by atoms with Gasteiger partial charge in [0.15, 0.2) is 0 Å². The van der Waals surface area contributed by atoms with Crippen LogP contribution in [0.2, 0.25) is 0 Å². The predicted octanol–water partition coefficient (Wildman–Crippen LogP) is 4.22. The van der Waals surface area contributed by atoms with Gasteiger partial charge in [-0.3, -0.25) is 9.69 Å². The third-order valence-corrected chi connectivity index (χ3v) is 7.63. The Morgan fingerprint density at radius 1 is 1.11 bits per heavy atom. The van der Waals surface area contributed by atoms with E-state index in [1.807, 2.05) is 28.8 Å². The summed E-state index contributed by atoms with van der Waals surface area (Å²) in [6, 6.07) is 15.8. The van der Waals surface area contributed by atoms with Crippen LogP contribution in [0.3, 0.4) is 0 Å². The van der Waals surface area contributed by atoms with Crippen molar-refractivity contribution >= 4 is 48.4 Å². The molecule has 1 amide bonds. The van der Waals surface area contributed by atoms with E-state index in [2.05, 4.69) is 25.8 Å². The van der Waals surface area contributed by atoms with Crippen molar-refractivity contribution in [3.8, 4) is 5.75 Å². The molecule has 0 aliphatic carbocycles. The number of hydrogen-bond acceptors (Lipinski definition) is 6. The van der Waals surface area contributed by atoms with Crippen LogP contribution in [0.25, 0.3) is 10.8 Å². The maximum atomic E-state index is 13.9. The fraction of sp³-hybridized carbons (Fsp3) is 0.259. The molecule has 1 fully saturated rings. The highest BCUT2D eigenvalue weighted by molar-refractivity contribution is 9.10. The van der Waals surface area contributed by atoms with E-state index in [0.717, 1.165) is 34.0 Å². The van der Waals surface area contributed by atoms with Crippen LogP contribution in [-0.4, -0.2) is 61.2 Å².